The molecule has 0 saturated carbocycles. The highest BCUT2D eigenvalue weighted by Gasteiger charge is 2.00. The molecule has 0 aromatic carbocycles. The van der Waals surface area contributed by atoms with Crippen molar-refractivity contribution in [3.63, 3.8) is 0 Å². The third-order valence-electron chi connectivity index (χ3n) is 2.27. The molecule has 0 aliphatic rings. The third-order valence-corrected chi connectivity index (χ3v) is 2.57. The van der Waals surface area contributed by atoms with Crippen LogP contribution in [0.25, 0.3) is 0 Å². The Morgan fingerprint density at radius 1 is 1.60 bits per heavy atom. The van der Waals surface area contributed by atoms with Gasteiger partial charge in [-0.25, -0.2) is 0 Å². The molecule has 1 aromatic heterocycles. The molecule has 0 aliphatic heterocycles. The van der Waals surface area contributed by atoms with Crippen LogP contribution in [0.3, 0.4) is 0 Å². The van der Waals surface area contributed by atoms with Gasteiger partial charge < -0.3 is 10.4 Å². The van der Waals surface area contributed by atoms with E-state index in [-0.39, 0.29) is 6.61 Å². The van der Waals surface area contributed by atoms with E-state index < -0.39 is 0 Å². The van der Waals surface area contributed by atoms with Gasteiger partial charge in [-0.15, -0.1) is 0 Å². The second-order valence-corrected chi connectivity index (χ2v) is 4.12. The summed E-state index contributed by atoms with van der Waals surface area (Å²) < 4.78 is 0. The first-order chi connectivity index (χ1) is 7.24. The fourth-order valence-corrected chi connectivity index (χ4v) is 1.47. The Morgan fingerprint density at radius 2 is 2.40 bits per heavy atom. The summed E-state index contributed by atoms with van der Waals surface area (Å²) in [4.78, 5) is 3.91. The molecule has 3 nitrogen and oxygen atoms in total. The van der Waals surface area contributed by atoms with Gasteiger partial charge in [-0.1, -0.05) is 18.5 Å². The molecular weight excluding hydrogens is 212 g/mol. The number of aliphatic hydroxyl groups excluding tert-OH is 1. The SMILES string of the molecule is CC(CO)CCCNc1ccncc1Cl. The second kappa shape index (κ2) is 6.64. The molecule has 0 saturated heterocycles. The zero-order valence-electron chi connectivity index (χ0n) is 8.91. The predicted molar refractivity (Wildman–Crippen MR) is 63.2 cm³/mol. The van der Waals surface area contributed by atoms with E-state index in [1.54, 1.807) is 12.4 Å². The van der Waals surface area contributed by atoms with Gasteiger partial charge in [0, 0.05) is 25.5 Å². The summed E-state index contributed by atoms with van der Waals surface area (Å²) in [6, 6.07) is 1.86. The number of pyridine rings is 1. The molecule has 0 spiro atoms. The van der Waals surface area contributed by atoms with Crippen molar-refractivity contribution >= 4 is 17.3 Å². The van der Waals surface area contributed by atoms with Crippen molar-refractivity contribution in [1.29, 1.82) is 0 Å². The summed E-state index contributed by atoms with van der Waals surface area (Å²) in [5, 5.41) is 12.7. The van der Waals surface area contributed by atoms with Crippen molar-refractivity contribution < 1.29 is 5.11 Å². The number of nitrogens with one attached hydrogen (secondary N) is 1. The van der Waals surface area contributed by atoms with Gasteiger partial charge in [0.15, 0.2) is 0 Å². The van der Waals surface area contributed by atoms with Crippen LogP contribution in [0.15, 0.2) is 18.5 Å². The van der Waals surface area contributed by atoms with Crippen molar-refractivity contribution in [2.75, 3.05) is 18.5 Å². The van der Waals surface area contributed by atoms with E-state index in [1.807, 2.05) is 13.0 Å². The number of halogens is 1. The number of rotatable bonds is 6. The lowest BCUT2D eigenvalue weighted by molar-refractivity contribution is 0.229. The highest BCUT2D eigenvalue weighted by molar-refractivity contribution is 6.33. The number of aliphatic hydroxyl groups is 1. The molecule has 0 amide bonds. The molecule has 0 fully saturated rings. The third kappa shape index (κ3) is 4.49. The molecule has 84 valence electrons. The minimum atomic E-state index is 0.260. The predicted octanol–water partition coefficient (Wildman–Crippen LogP) is 2.56. The highest BCUT2D eigenvalue weighted by Crippen LogP contribution is 2.19. The molecule has 1 unspecified atom stereocenters. The van der Waals surface area contributed by atoms with E-state index in [0.717, 1.165) is 25.1 Å². The molecule has 4 heteroatoms. The number of anilines is 1. The molecule has 0 bridgehead atoms. The molecule has 0 aliphatic carbocycles. The minimum absolute atomic E-state index is 0.260. The van der Waals surface area contributed by atoms with Crippen LogP contribution in [0.5, 0.6) is 0 Å². The number of nitrogens with zero attached hydrogens (tertiary/aromatic N) is 1. The Bertz CT molecular complexity index is 294. The zero-order valence-corrected chi connectivity index (χ0v) is 9.67. The Balaban J connectivity index is 2.23. The van der Waals surface area contributed by atoms with Gasteiger partial charge in [0.25, 0.3) is 0 Å². The average molecular weight is 229 g/mol. The van der Waals surface area contributed by atoms with Gasteiger partial charge >= 0.3 is 0 Å². The molecule has 2 N–H and O–H groups in total. The second-order valence-electron chi connectivity index (χ2n) is 3.71. The maximum atomic E-state index is 8.85. The van der Waals surface area contributed by atoms with Gasteiger partial charge in [-0.3, -0.25) is 4.98 Å². The van der Waals surface area contributed by atoms with Gasteiger partial charge in [0.1, 0.15) is 0 Å². The lowest BCUT2D eigenvalue weighted by Gasteiger charge is -2.09. The lowest BCUT2D eigenvalue weighted by Crippen LogP contribution is -2.06. The summed E-state index contributed by atoms with van der Waals surface area (Å²) in [6.07, 6.45) is 5.39. The zero-order chi connectivity index (χ0) is 11.1. The quantitative estimate of drug-likeness (QED) is 0.736. The van der Waals surface area contributed by atoms with Crippen molar-refractivity contribution in [3.8, 4) is 0 Å². The molecule has 1 rings (SSSR count). The monoisotopic (exact) mass is 228 g/mol. The maximum absolute atomic E-state index is 8.85. The summed E-state index contributed by atoms with van der Waals surface area (Å²) >= 11 is 5.93. The van der Waals surface area contributed by atoms with Crippen LogP contribution in [0.2, 0.25) is 5.02 Å². The largest absolute Gasteiger partial charge is 0.396 e. The molecule has 1 heterocycles. The van der Waals surface area contributed by atoms with E-state index >= 15 is 0 Å². The lowest BCUT2D eigenvalue weighted by atomic mass is 10.1. The van der Waals surface area contributed by atoms with Crippen LogP contribution in [0.1, 0.15) is 19.8 Å². The Morgan fingerprint density at radius 3 is 3.07 bits per heavy atom. The molecular formula is C11H17ClN2O. The van der Waals surface area contributed by atoms with Crippen molar-refractivity contribution in [3.05, 3.63) is 23.5 Å². The maximum Gasteiger partial charge on any atom is 0.0820 e. The first kappa shape index (κ1) is 12.3. The number of aromatic nitrogens is 1. The number of hydrogen-bond donors (Lipinski definition) is 2. The summed E-state index contributed by atoms with van der Waals surface area (Å²) in [7, 11) is 0. The summed E-state index contributed by atoms with van der Waals surface area (Å²) in [5.74, 6) is 0.375. The molecule has 1 atom stereocenters. The summed E-state index contributed by atoms with van der Waals surface area (Å²) in [6.45, 7) is 3.17. The van der Waals surface area contributed by atoms with Crippen LogP contribution in [-0.2, 0) is 0 Å². The summed E-state index contributed by atoms with van der Waals surface area (Å²) in [5.41, 5.74) is 0.920. The molecule has 15 heavy (non-hydrogen) atoms. The Kier molecular flexibility index (Phi) is 5.43. The molecule has 1 aromatic rings. The topological polar surface area (TPSA) is 45.1 Å². The Hall–Kier alpha value is -0.800. The van der Waals surface area contributed by atoms with Gasteiger partial charge in [0.05, 0.1) is 10.7 Å². The highest BCUT2D eigenvalue weighted by atomic mass is 35.5. The van der Waals surface area contributed by atoms with Crippen LogP contribution >= 0.6 is 11.6 Å². The average Bonchev–Trinajstić information content (AvgIpc) is 2.26. The minimum Gasteiger partial charge on any atom is -0.396 e. The standard InChI is InChI=1S/C11H17ClN2O/c1-9(8-15)3-2-5-14-11-4-6-13-7-10(11)12/h4,6-7,9,15H,2-3,5,8H2,1H3,(H,13,14). The van der Waals surface area contributed by atoms with Crippen LogP contribution < -0.4 is 5.32 Å². The van der Waals surface area contributed by atoms with E-state index in [0.29, 0.717) is 10.9 Å². The van der Waals surface area contributed by atoms with E-state index in [4.69, 9.17) is 16.7 Å². The Labute approximate surface area is 95.5 Å². The van der Waals surface area contributed by atoms with Crippen LogP contribution in [0.4, 0.5) is 5.69 Å². The smallest absolute Gasteiger partial charge is 0.0820 e. The number of hydrogen-bond acceptors (Lipinski definition) is 3. The van der Waals surface area contributed by atoms with Crippen LogP contribution in [0, 0.1) is 5.92 Å². The van der Waals surface area contributed by atoms with Gasteiger partial charge in [0.2, 0.25) is 0 Å². The van der Waals surface area contributed by atoms with Crippen molar-refractivity contribution in [1.82, 2.24) is 4.98 Å². The first-order valence-electron chi connectivity index (χ1n) is 5.18. The fraction of sp³-hybridized carbons (Fsp3) is 0.545. The first-order valence-corrected chi connectivity index (χ1v) is 5.56. The van der Waals surface area contributed by atoms with Crippen molar-refractivity contribution in [2.24, 2.45) is 5.92 Å². The van der Waals surface area contributed by atoms with Gasteiger partial charge in [-0.2, -0.15) is 0 Å². The van der Waals surface area contributed by atoms with E-state index in [9.17, 15) is 0 Å². The van der Waals surface area contributed by atoms with Crippen LogP contribution in [-0.4, -0.2) is 23.2 Å². The van der Waals surface area contributed by atoms with E-state index in [2.05, 4.69) is 10.3 Å². The fourth-order valence-electron chi connectivity index (χ4n) is 1.28. The molecule has 0 radical (unpaired) electrons. The normalized spacial score (nSPS) is 12.5. The van der Waals surface area contributed by atoms with Crippen molar-refractivity contribution in [2.45, 2.75) is 19.8 Å². The van der Waals surface area contributed by atoms with Gasteiger partial charge in [-0.05, 0) is 24.8 Å². The van der Waals surface area contributed by atoms with E-state index in [1.165, 1.54) is 0 Å².